The summed E-state index contributed by atoms with van der Waals surface area (Å²) < 4.78 is 0. The van der Waals surface area contributed by atoms with Crippen LogP contribution in [0.4, 0.5) is 4.79 Å². The Labute approximate surface area is 141 Å². The molecule has 7 nitrogen and oxygen atoms in total. The minimum absolute atomic E-state index is 0.0721. The Balaban J connectivity index is 1.49. The molecular weight excluding hydrogens is 308 g/mol. The molecule has 0 unspecified atom stereocenters. The molecule has 1 heterocycles. The van der Waals surface area contributed by atoms with E-state index in [0.717, 1.165) is 37.1 Å². The Kier molecular flexibility index (Phi) is 5.01. The molecule has 3 rings (SSSR count). The van der Waals surface area contributed by atoms with E-state index in [1.807, 2.05) is 29.2 Å². The highest BCUT2D eigenvalue weighted by Gasteiger charge is 2.32. The molecule has 1 saturated heterocycles. The Morgan fingerprint density at radius 3 is 2.62 bits per heavy atom. The number of nitrogens with one attached hydrogen (secondary N) is 2. The number of nitrogens with two attached hydrogens (primary N) is 1. The molecule has 1 fully saturated rings. The summed E-state index contributed by atoms with van der Waals surface area (Å²) in [5.41, 5.74) is 7.26. The van der Waals surface area contributed by atoms with Gasteiger partial charge in [0.1, 0.15) is 0 Å². The van der Waals surface area contributed by atoms with E-state index in [4.69, 9.17) is 5.73 Å². The highest BCUT2D eigenvalue weighted by Crippen LogP contribution is 2.31. The fourth-order valence-corrected chi connectivity index (χ4v) is 3.57. The van der Waals surface area contributed by atoms with Crippen molar-refractivity contribution >= 4 is 11.9 Å². The van der Waals surface area contributed by atoms with E-state index in [2.05, 4.69) is 10.6 Å². The second-order valence-electron chi connectivity index (χ2n) is 6.58. The predicted octanol–water partition coefficient (Wildman–Crippen LogP) is -0.106. The Morgan fingerprint density at radius 1 is 1.21 bits per heavy atom. The number of nitrogens with zero attached hydrogens (tertiary/aromatic N) is 1. The molecule has 0 aromatic heterocycles. The van der Waals surface area contributed by atoms with Crippen LogP contribution in [0, 0.1) is 0 Å². The van der Waals surface area contributed by atoms with Gasteiger partial charge >= 0.3 is 6.03 Å². The fraction of sp³-hybridized carbons (Fsp3) is 0.529. The van der Waals surface area contributed by atoms with Crippen LogP contribution in [0.5, 0.6) is 0 Å². The first-order chi connectivity index (χ1) is 11.5. The molecular formula is C17H24N4O3. The lowest BCUT2D eigenvalue weighted by Gasteiger charge is -2.31. The second kappa shape index (κ2) is 7.19. The van der Waals surface area contributed by atoms with Gasteiger partial charge in [-0.1, -0.05) is 24.3 Å². The van der Waals surface area contributed by atoms with Crippen LogP contribution in [0.25, 0.3) is 0 Å². The average Bonchev–Trinajstić information content (AvgIpc) is 2.85. The van der Waals surface area contributed by atoms with E-state index in [0.29, 0.717) is 6.42 Å². The van der Waals surface area contributed by atoms with Gasteiger partial charge in [-0.15, -0.1) is 0 Å². The van der Waals surface area contributed by atoms with Crippen molar-refractivity contribution in [1.29, 1.82) is 0 Å². The number of primary amides is 1. The number of aliphatic hydroxyl groups is 1. The van der Waals surface area contributed by atoms with Crippen LogP contribution in [-0.2, 0) is 11.2 Å². The molecule has 1 aromatic rings. The van der Waals surface area contributed by atoms with Crippen LogP contribution in [0.1, 0.15) is 30.0 Å². The fourth-order valence-electron chi connectivity index (χ4n) is 3.57. The SMILES string of the molecule is NC(=O)CN1CCC(NC(=O)N[C@@H]2c3ccccc3C[C@@H]2O)CC1. The minimum Gasteiger partial charge on any atom is -0.390 e. The van der Waals surface area contributed by atoms with Crippen LogP contribution in [0.2, 0.25) is 0 Å². The van der Waals surface area contributed by atoms with Gasteiger partial charge < -0.3 is 21.5 Å². The monoisotopic (exact) mass is 332 g/mol. The number of carbonyl (C=O) groups is 2. The highest BCUT2D eigenvalue weighted by atomic mass is 16.3. The zero-order valence-corrected chi connectivity index (χ0v) is 13.6. The van der Waals surface area contributed by atoms with E-state index in [1.54, 1.807) is 0 Å². The van der Waals surface area contributed by atoms with Gasteiger partial charge in [0.25, 0.3) is 0 Å². The summed E-state index contributed by atoms with van der Waals surface area (Å²) in [7, 11) is 0. The van der Waals surface area contributed by atoms with Crippen molar-refractivity contribution in [3.8, 4) is 0 Å². The molecule has 0 saturated carbocycles. The number of hydrogen-bond acceptors (Lipinski definition) is 4. The third-order valence-electron chi connectivity index (χ3n) is 4.79. The standard InChI is InChI=1S/C17H24N4O3/c18-15(23)10-21-7-5-12(6-8-21)19-17(24)20-16-13-4-2-1-3-11(13)9-14(16)22/h1-4,12,14,16,22H,5-10H2,(H2,18,23)(H2,19,20,24)/t14-,16+/m0/s1. The van der Waals surface area contributed by atoms with E-state index >= 15 is 0 Å². The summed E-state index contributed by atoms with van der Waals surface area (Å²) in [6, 6.07) is 7.22. The maximum Gasteiger partial charge on any atom is 0.315 e. The molecule has 2 aliphatic rings. The van der Waals surface area contributed by atoms with Crippen LogP contribution >= 0.6 is 0 Å². The Bertz CT molecular complexity index is 614. The quantitative estimate of drug-likeness (QED) is 0.617. The predicted molar refractivity (Wildman–Crippen MR) is 89.2 cm³/mol. The minimum atomic E-state index is -0.592. The summed E-state index contributed by atoms with van der Waals surface area (Å²) >= 11 is 0. The van der Waals surface area contributed by atoms with Gasteiger partial charge in [-0.05, 0) is 24.0 Å². The second-order valence-corrected chi connectivity index (χ2v) is 6.58. The number of amides is 3. The molecule has 3 amide bonds. The van der Waals surface area contributed by atoms with Gasteiger partial charge in [0, 0.05) is 25.6 Å². The highest BCUT2D eigenvalue weighted by molar-refractivity contribution is 5.76. The summed E-state index contributed by atoms with van der Waals surface area (Å²) in [5, 5.41) is 16.0. The first kappa shape index (κ1) is 16.7. The lowest BCUT2D eigenvalue weighted by atomic mass is 10.1. The van der Waals surface area contributed by atoms with Crippen LogP contribution in [0.3, 0.4) is 0 Å². The van der Waals surface area contributed by atoms with Crippen molar-refractivity contribution in [2.24, 2.45) is 5.73 Å². The number of urea groups is 1. The first-order valence-corrected chi connectivity index (χ1v) is 8.36. The lowest BCUT2D eigenvalue weighted by Crippen LogP contribution is -2.50. The molecule has 0 spiro atoms. The van der Waals surface area contributed by atoms with Gasteiger partial charge in [0.05, 0.1) is 18.7 Å². The van der Waals surface area contributed by atoms with E-state index < -0.39 is 6.10 Å². The zero-order valence-electron chi connectivity index (χ0n) is 13.6. The molecule has 1 aliphatic carbocycles. The lowest BCUT2D eigenvalue weighted by molar-refractivity contribution is -0.119. The van der Waals surface area contributed by atoms with Crippen molar-refractivity contribution in [3.05, 3.63) is 35.4 Å². The molecule has 1 aromatic carbocycles. The van der Waals surface area contributed by atoms with Crippen molar-refractivity contribution in [3.63, 3.8) is 0 Å². The Morgan fingerprint density at radius 2 is 1.92 bits per heavy atom. The summed E-state index contributed by atoms with van der Waals surface area (Å²) in [6.45, 7) is 1.75. The molecule has 130 valence electrons. The first-order valence-electron chi connectivity index (χ1n) is 8.36. The molecule has 2 atom stereocenters. The maximum absolute atomic E-state index is 12.3. The van der Waals surface area contributed by atoms with Gasteiger partial charge in [0.15, 0.2) is 0 Å². The smallest absolute Gasteiger partial charge is 0.315 e. The summed E-state index contributed by atoms with van der Waals surface area (Å²) in [4.78, 5) is 25.2. The molecule has 5 N–H and O–H groups in total. The zero-order chi connectivity index (χ0) is 17.1. The van der Waals surface area contributed by atoms with Gasteiger partial charge in [0.2, 0.25) is 5.91 Å². The average molecular weight is 332 g/mol. The molecule has 0 bridgehead atoms. The summed E-state index contributed by atoms with van der Waals surface area (Å²) in [6.07, 6.45) is 1.53. The van der Waals surface area contributed by atoms with Crippen molar-refractivity contribution in [2.75, 3.05) is 19.6 Å². The number of aliphatic hydroxyl groups excluding tert-OH is 1. The van der Waals surface area contributed by atoms with Crippen LogP contribution in [-0.4, -0.2) is 53.7 Å². The molecule has 0 radical (unpaired) electrons. The number of piperidine rings is 1. The van der Waals surface area contributed by atoms with Crippen LogP contribution in [0.15, 0.2) is 24.3 Å². The third kappa shape index (κ3) is 3.85. The number of fused-ring (bicyclic) bond motifs is 1. The van der Waals surface area contributed by atoms with Gasteiger partial charge in [-0.25, -0.2) is 4.79 Å². The molecule has 7 heteroatoms. The number of likely N-dealkylation sites (tertiary alicyclic amines) is 1. The molecule has 1 aliphatic heterocycles. The topological polar surface area (TPSA) is 108 Å². The molecule has 24 heavy (non-hydrogen) atoms. The number of benzene rings is 1. The normalized spacial score (nSPS) is 24.4. The van der Waals surface area contributed by atoms with Crippen molar-refractivity contribution < 1.29 is 14.7 Å². The van der Waals surface area contributed by atoms with Gasteiger partial charge in [-0.3, -0.25) is 9.69 Å². The van der Waals surface area contributed by atoms with E-state index in [1.165, 1.54) is 0 Å². The largest absolute Gasteiger partial charge is 0.390 e. The number of carbonyl (C=O) groups excluding carboxylic acids is 2. The van der Waals surface area contributed by atoms with E-state index in [9.17, 15) is 14.7 Å². The maximum atomic E-state index is 12.3. The summed E-state index contributed by atoms with van der Waals surface area (Å²) in [5.74, 6) is -0.326. The third-order valence-corrected chi connectivity index (χ3v) is 4.79. The Hall–Kier alpha value is -2.12. The van der Waals surface area contributed by atoms with E-state index in [-0.39, 0.29) is 30.6 Å². The number of hydrogen-bond donors (Lipinski definition) is 4. The number of rotatable bonds is 4. The van der Waals surface area contributed by atoms with Crippen molar-refractivity contribution in [2.45, 2.75) is 37.5 Å². The van der Waals surface area contributed by atoms with Gasteiger partial charge in [-0.2, -0.15) is 0 Å². The van der Waals surface area contributed by atoms with Crippen molar-refractivity contribution in [1.82, 2.24) is 15.5 Å². The van der Waals surface area contributed by atoms with Crippen LogP contribution < -0.4 is 16.4 Å².